The molecular weight excluding hydrogens is 315 g/mol. The summed E-state index contributed by atoms with van der Waals surface area (Å²) >= 11 is 0. The lowest BCUT2D eigenvalue weighted by Gasteiger charge is -2.17. The number of pyridine rings is 1. The summed E-state index contributed by atoms with van der Waals surface area (Å²) in [5, 5.41) is 4.00. The topological polar surface area (TPSA) is 42.0 Å². The van der Waals surface area contributed by atoms with Crippen molar-refractivity contribution in [2.45, 2.75) is 51.5 Å². The van der Waals surface area contributed by atoms with Crippen LogP contribution < -0.4 is 5.32 Å². The number of aromatic nitrogens is 1. The number of hydrogen-bond acceptors (Lipinski definition) is 2. The highest BCUT2D eigenvalue weighted by molar-refractivity contribution is 5.82. The number of rotatable bonds is 3. The maximum atomic E-state index is 13.7. The molecular formula is C21H25FN2O. The van der Waals surface area contributed by atoms with Crippen LogP contribution in [0.1, 0.15) is 51.0 Å². The fourth-order valence-electron chi connectivity index (χ4n) is 4.98. The van der Waals surface area contributed by atoms with Crippen molar-refractivity contribution in [1.29, 1.82) is 0 Å². The number of benzene rings is 1. The second-order valence-electron chi connectivity index (χ2n) is 8.08. The van der Waals surface area contributed by atoms with Crippen molar-refractivity contribution in [3.05, 3.63) is 41.8 Å². The lowest BCUT2D eigenvalue weighted by molar-refractivity contribution is -0.125. The van der Waals surface area contributed by atoms with Crippen LogP contribution in [0.5, 0.6) is 0 Å². The molecule has 132 valence electrons. The Morgan fingerprint density at radius 2 is 1.88 bits per heavy atom. The van der Waals surface area contributed by atoms with Crippen molar-refractivity contribution in [2.24, 2.45) is 17.8 Å². The Hall–Kier alpha value is -1.97. The predicted octanol–water partition coefficient (Wildman–Crippen LogP) is 4.42. The van der Waals surface area contributed by atoms with Crippen LogP contribution in [0.2, 0.25) is 0 Å². The minimum atomic E-state index is -0.203. The van der Waals surface area contributed by atoms with Gasteiger partial charge in [-0.05, 0) is 87.1 Å². The molecule has 1 N–H and O–H groups in total. The van der Waals surface area contributed by atoms with Gasteiger partial charge in [-0.15, -0.1) is 0 Å². The minimum Gasteiger partial charge on any atom is -0.354 e. The van der Waals surface area contributed by atoms with Crippen molar-refractivity contribution in [3.8, 4) is 0 Å². The molecule has 4 rings (SSSR count). The SMILES string of the molecule is CC(C)NC(=O)[C@@H]1C[C@@H]2C[C@H](c3ccnc4ccc(F)cc34)C[C@@H]2C1. The molecule has 3 nitrogen and oxygen atoms in total. The first-order valence-electron chi connectivity index (χ1n) is 9.36. The maximum absolute atomic E-state index is 13.7. The Morgan fingerprint density at radius 1 is 1.16 bits per heavy atom. The molecule has 1 amide bonds. The van der Waals surface area contributed by atoms with Gasteiger partial charge in [-0.2, -0.15) is 0 Å². The van der Waals surface area contributed by atoms with E-state index in [-0.39, 0.29) is 23.7 Å². The summed E-state index contributed by atoms with van der Waals surface area (Å²) in [6.45, 7) is 4.02. The van der Waals surface area contributed by atoms with E-state index in [0.29, 0.717) is 17.8 Å². The summed E-state index contributed by atoms with van der Waals surface area (Å²) in [5.41, 5.74) is 2.09. The standard InChI is InChI=1S/C21H25FN2O/c1-12(2)24-21(25)16-9-13-7-15(8-14(13)10-16)18-5-6-23-20-4-3-17(22)11-19(18)20/h3-6,11-16H,7-10H2,1-2H3,(H,24,25)/t13-,14+,15-,16+. The summed E-state index contributed by atoms with van der Waals surface area (Å²) in [5.74, 6) is 1.87. The molecule has 1 heterocycles. The summed E-state index contributed by atoms with van der Waals surface area (Å²) in [6.07, 6.45) is 6.04. The molecule has 1 aromatic carbocycles. The molecule has 0 radical (unpaired) electrons. The Labute approximate surface area is 148 Å². The van der Waals surface area contributed by atoms with Crippen LogP contribution in [-0.4, -0.2) is 16.9 Å². The van der Waals surface area contributed by atoms with Crippen molar-refractivity contribution in [2.75, 3.05) is 0 Å². The predicted molar refractivity (Wildman–Crippen MR) is 96.7 cm³/mol. The third-order valence-corrected chi connectivity index (χ3v) is 5.99. The summed E-state index contributed by atoms with van der Waals surface area (Å²) in [7, 11) is 0. The highest BCUT2D eigenvalue weighted by atomic mass is 19.1. The van der Waals surface area contributed by atoms with Gasteiger partial charge in [0.05, 0.1) is 5.52 Å². The monoisotopic (exact) mass is 340 g/mol. The van der Waals surface area contributed by atoms with Gasteiger partial charge in [0.1, 0.15) is 5.82 Å². The van der Waals surface area contributed by atoms with Crippen LogP contribution in [0.15, 0.2) is 30.5 Å². The molecule has 25 heavy (non-hydrogen) atoms. The third-order valence-electron chi connectivity index (χ3n) is 5.99. The van der Waals surface area contributed by atoms with Gasteiger partial charge in [-0.1, -0.05) is 0 Å². The highest BCUT2D eigenvalue weighted by Gasteiger charge is 2.44. The Balaban J connectivity index is 1.51. The molecule has 0 aliphatic heterocycles. The molecule has 0 saturated heterocycles. The Kier molecular flexibility index (Phi) is 4.22. The Bertz CT molecular complexity index is 790. The molecule has 4 heteroatoms. The molecule has 0 spiro atoms. The number of nitrogens with zero attached hydrogens (tertiary/aromatic N) is 1. The molecule has 2 fully saturated rings. The van der Waals surface area contributed by atoms with Gasteiger partial charge in [0.15, 0.2) is 0 Å². The van der Waals surface area contributed by atoms with E-state index in [1.807, 2.05) is 20.0 Å². The van der Waals surface area contributed by atoms with Crippen LogP contribution in [0.4, 0.5) is 4.39 Å². The zero-order valence-electron chi connectivity index (χ0n) is 14.8. The van der Waals surface area contributed by atoms with Gasteiger partial charge in [-0.3, -0.25) is 9.78 Å². The van der Waals surface area contributed by atoms with Gasteiger partial charge < -0.3 is 5.32 Å². The number of hydrogen-bond donors (Lipinski definition) is 1. The van der Waals surface area contributed by atoms with Crippen LogP contribution in [0.3, 0.4) is 0 Å². The molecule has 2 aliphatic carbocycles. The van der Waals surface area contributed by atoms with Gasteiger partial charge >= 0.3 is 0 Å². The minimum absolute atomic E-state index is 0.171. The van der Waals surface area contributed by atoms with Crippen molar-refractivity contribution in [3.63, 3.8) is 0 Å². The summed E-state index contributed by atoms with van der Waals surface area (Å²) in [4.78, 5) is 16.7. The second kappa shape index (κ2) is 6.40. The first-order valence-corrected chi connectivity index (χ1v) is 9.36. The highest BCUT2D eigenvalue weighted by Crippen LogP contribution is 2.53. The molecule has 0 bridgehead atoms. The van der Waals surface area contributed by atoms with E-state index in [1.165, 1.54) is 11.6 Å². The smallest absolute Gasteiger partial charge is 0.223 e. The first kappa shape index (κ1) is 16.5. The van der Waals surface area contributed by atoms with Crippen LogP contribution in [0, 0.1) is 23.6 Å². The van der Waals surface area contributed by atoms with Gasteiger partial charge in [0, 0.05) is 23.5 Å². The Morgan fingerprint density at radius 3 is 2.56 bits per heavy atom. The molecule has 2 aromatic rings. The first-order chi connectivity index (χ1) is 12.0. The van der Waals surface area contributed by atoms with E-state index >= 15 is 0 Å². The van der Waals surface area contributed by atoms with E-state index in [0.717, 1.165) is 36.6 Å². The number of fused-ring (bicyclic) bond motifs is 2. The average Bonchev–Trinajstić information content (AvgIpc) is 3.12. The van der Waals surface area contributed by atoms with Crippen molar-refractivity contribution < 1.29 is 9.18 Å². The van der Waals surface area contributed by atoms with Crippen LogP contribution >= 0.6 is 0 Å². The number of halogens is 1. The molecule has 2 aliphatic rings. The number of carbonyl (C=O) groups excluding carboxylic acids is 1. The number of nitrogens with one attached hydrogen (secondary N) is 1. The van der Waals surface area contributed by atoms with Crippen molar-refractivity contribution >= 4 is 16.8 Å². The fourth-order valence-corrected chi connectivity index (χ4v) is 4.98. The quantitative estimate of drug-likeness (QED) is 0.899. The number of carbonyl (C=O) groups is 1. The molecule has 0 unspecified atom stereocenters. The zero-order valence-corrected chi connectivity index (χ0v) is 14.8. The van der Waals surface area contributed by atoms with Gasteiger partial charge in [0.25, 0.3) is 0 Å². The summed E-state index contributed by atoms with van der Waals surface area (Å²) < 4.78 is 13.7. The van der Waals surface area contributed by atoms with E-state index in [1.54, 1.807) is 12.1 Å². The maximum Gasteiger partial charge on any atom is 0.223 e. The fraction of sp³-hybridized carbons (Fsp3) is 0.524. The van der Waals surface area contributed by atoms with E-state index in [9.17, 15) is 9.18 Å². The number of amides is 1. The van der Waals surface area contributed by atoms with Gasteiger partial charge in [-0.25, -0.2) is 4.39 Å². The van der Waals surface area contributed by atoms with Crippen LogP contribution in [-0.2, 0) is 4.79 Å². The average molecular weight is 340 g/mol. The van der Waals surface area contributed by atoms with Crippen molar-refractivity contribution in [1.82, 2.24) is 10.3 Å². The lowest BCUT2D eigenvalue weighted by atomic mass is 9.90. The van der Waals surface area contributed by atoms with E-state index in [2.05, 4.69) is 16.4 Å². The van der Waals surface area contributed by atoms with E-state index < -0.39 is 0 Å². The lowest BCUT2D eigenvalue weighted by Crippen LogP contribution is -2.34. The van der Waals surface area contributed by atoms with Crippen LogP contribution in [0.25, 0.3) is 10.9 Å². The zero-order chi connectivity index (χ0) is 17.6. The van der Waals surface area contributed by atoms with Gasteiger partial charge in [0.2, 0.25) is 5.91 Å². The summed E-state index contributed by atoms with van der Waals surface area (Å²) in [6, 6.07) is 7.11. The van der Waals surface area contributed by atoms with E-state index in [4.69, 9.17) is 0 Å². The third kappa shape index (κ3) is 3.14. The normalized spacial score (nSPS) is 28.5. The second-order valence-corrected chi connectivity index (χ2v) is 8.08. The largest absolute Gasteiger partial charge is 0.354 e. The molecule has 1 aromatic heterocycles. The molecule has 4 atom stereocenters. The molecule has 2 saturated carbocycles.